The van der Waals surface area contributed by atoms with Crippen molar-refractivity contribution in [1.29, 1.82) is 0 Å². The number of thiazole rings is 1. The van der Waals surface area contributed by atoms with Gasteiger partial charge in [0.1, 0.15) is 6.61 Å². The molecule has 0 saturated carbocycles. The third-order valence-electron chi connectivity index (χ3n) is 4.03. The van der Waals surface area contributed by atoms with Crippen LogP contribution in [0.5, 0.6) is 0 Å². The van der Waals surface area contributed by atoms with Crippen LogP contribution in [0.4, 0.5) is 0 Å². The molecule has 0 fully saturated rings. The molecule has 3 aromatic rings. The zero-order valence-corrected chi connectivity index (χ0v) is 19.5. The summed E-state index contributed by atoms with van der Waals surface area (Å²) >= 11 is 2.96. The number of hydrogen-bond donors (Lipinski definition) is 3. The minimum atomic E-state index is 0.365. The number of nitrogens with one attached hydrogen (secondary N) is 1. The molecule has 0 aliphatic rings. The number of aromatic nitrogens is 1. The molecule has 3 rings (SSSR count). The van der Waals surface area contributed by atoms with Crippen LogP contribution in [0.3, 0.4) is 0 Å². The summed E-state index contributed by atoms with van der Waals surface area (Å²) < 4.78 is 7.59. The summed E-state index contributed by atoms with van der Waals surface area (Å²) in [6, 6.07) is 19.9. The van der Waals surface area contributed by atoms with E-state index in [1.807, 2.05) is 36.4 Å². The maximum absolute atomic E-state index is 9.76. The average molecular weight is 461 g/mol. The smallest absolute Gasteiger partial charge is 0.293 e. The summed E-state index contributed by atoms with van der Waals surface area (Å²) in [6.45, 7) is 1.80. The van der Waals surface area contributed by atoms with Crippen molar-refractivity contribution in [3.8, 4) is 11.3 Å². The first-order chi connectivity index (χ1) is 15.3. The van der Waals surface area contributed by atoms with Gasteiger partial charge in [0.2, 0.25) is 0 Å². The van der Waals surface area contributed by atoms with E-state index in [1.54, 1.807) is 11.3 Å². The van der Waals surface area contributed by atoms with E-state index in [-0.39, 0.29) is 0 Å². The minimum absolute atomic E-state index is 0.365. The second-order valence-corrected chi connectivity index (χ2v) is 7.68. The summed E-state index contributed by atoms with van der Waals surface area (Å²) in [4.78, 5) is 14.4. The summed E-state index contributed by atoms with van der Waals surface area (Å²) in [7, 11) is 1.50. The van der Waals surface area contributed by atoms with Gasteiger partial charge in [-0.25, -0.2) is 4.98 Å². The number of rotatable bonds is 11. The van der Waals surface area contributed by atoms with Gasteiger partial charge in [-0.1, -0.05) is 67.1 Å². The van der Waals surface area contributed by atoms with Crippen molar-refractivity contribution < 1.29 is 9.53 Å². The maximum Gasteiger partial charge on any atom is 0.293 e. The maximum atomic E-state index is 9.76. The minimum Gasteiger partial charge on any atom is -0.463 e. The molecule has 1 heterocycles. The molecule has 0 amide bonds. The number of aryl methyl sites for hydroxylation is 1. The second-order valence-electron chi connectivity index (χ2n) is 6.21. The van der Waals surface area contributed by atoms with Crippen LogP contribution in [0.25, 0.3) is 11.3 Å². The molecule has 0 unspecified atom stereocenters. The number of carbonyl (C=O) groups excluding carboxylic acids is 1. The average Bonchev–Trinajstić information content (AvgIpc) is 3.32. The molecule has 2 aromatic carbocycles. The van der Waals surface area contributed by atoms with Crippen molar-refractivity contribution in [2.24, 2.45) is 10.9 Å². The van der Waals surface area contributed by atoms with Crippen molar-refractivity contribution in [2.75, 3.05) is 13.6 Å². The van der Waals surface area contributed by atoms with Gasteiger partial charge >= 0.3 is 0 Å². The fourth-order valence-corrected chi connectivity index (χ4v) is 3.69. The summed E-state index contributed by atoms with van der Waals surface area (Å²) in [5.41, 5.74) is 7.81. The van der Waals surface area contributed by atoms with E-state index in [0.717, 1.165) is 24.2 Å². The Labute approximate surface area is 193 Å². The van der Waals surface area contributed by atoms with Gasteiger partial charge in [0, 0.05) is 29.6 Å². The molecular weight excluding hydrogens is 428 g/mol. The highest BCUT2D eigenvalue weighted by atomic mass is 32.2. The lowest BCUT2D eigenvalue weighted by Crippen LogP contribution is -2.08. The van der Waals surface area contributed by atoms with Crippen LogP contribution in [-0.4, -0.2) is 25.0 Å². The fourth-order valence-electron chi connectivity index (χ4n) is 2.58. The van der Waals surface area contributed by atoms with Crippen LogP contribution >= 0.6 is 23.5 Å². The molecule has 1 aromatic heterocycles. The lowest BCUT2D eigenvalue weighted by molar-refractivity contribution is -0.129. The molecule has 8 heteroatoms. The first-order valence-corrected chi connectivity index (χ1v) is 11.8. The highest BCUT2D eigenvalue weighted by Crippen LogP contribution is 2.22. The Morgan fingerprint density at radius 2 is 1.71 bits per heavy atom. The molecule has 5 N–H and O–H groups in total. The number of hydrogen-bond acceptors (Lipinski definition) is 8. The van der Waals surface area contributed by atoms with Crippen LogP contribution < -0.4 is 15.6 Å². The van der Waals surface area contributed by atoms with Crippen molar-refractivity contribution >= 4 is 29.9 Å². The standard InChI is InChI=1S/C14H19N3S2.C8H8O2.CH5N/c15-19-16-10-6-2-5-9-14-17-13(11-18-14)12-7-3-1-4-8-12;9-7-10-6-8-4-2-1-3-5-8;1-2/h1,3-4,7-8,11,16H,2,5-6,9-10,15H2;1-5,7H,6H2;2H2,1H3. The first kappa shape index (κ1) is 26.8. The fraction of sp³-hybridized carbons (Fsp3) is 0.304. The normalized spacial score (nSPS) is 9.65. The van der Waals surface area contributed by atoms with E-state index in [4.69, 9.17) is 10.1 Å². The topological polar surface area (TPSA) is 103 Å². The predicted octanol–water partition coefficient (Wildman–Crippen LogP) is 4.57. The molecule has 6 nitrogen and oxygen atoms in total. The zero-order valence-electron chi connectivity index (χ0n) is 17.9. The number of nitrogens with zero attached hydrogens (tertiary/aromatic N) is 1. The first-order valence-electron chi connectivity index (χ1n) is 10.1. The molecule has 0 spiro atoms. The largest absolute Gasteiger partial charge is 0.463 e. The van der Waals surface area contributed by atoms with Crippen molar-refractivity contribution in [1.82, 2.24) is 9.71 Å². The third kappa shape index (κ3) is 12.3. The molecule has 0 aliphatic heterocycles. The molecule has 0 saturated heterocycles. The number of carbonyl (C=O) groups is 1. The van der Waals surface area contributed by atoms with Gasteiger partial charge < -0.3 is 10.5 Å². The molecule has 31 heavy (non-hydrogen) atoms. The van der Waals surface area contributed by atoms with E-state index >= 15 is 0 Å². The summed E-state index contributed by atoms with van der Waals surface area (Å²) in [5, 5.41) is 8.68. The van der Waals surface area contributed by atoms with Gasteiger partial charge in [-0.2, -0.15) is 0 Å². The van der Waals surface area contributed by atoms with E-state index < -0.39 is 0 Å². The SMILES string of the molecule is CN.NSNCCCCCc1nc(-c2ccccc2)cs1.O=COCc1ccccc1. The van der Waals surface area contributed by atoms with Gasteiger partial charge in [0.15, 0.2) is 0 Å². The number of nitrogens with two attached hydrogens (primary N) is 2. The van der Waals surface area contributed by atoms with E-state index in [9.17, 15) is 4.79 Å². The van der Waals surface area contributed by atoms with Gasteiger partial charge in [-0.05, 0) is 31.9 Å². The molecule has 0 aliphatic carbocycles. The van der Waals surface area contributed by atoms with Crippen molar-refractivity contribution in [3.05, 3.63) is 76.6 Å². The lowest BCUT2D eigenvalue weighted by atomic mass is 10.2. The molecule has 0 bridgehead atoms. The second kappa shape index (κ2) is 18.5. The van der Waals surface area contributed by atoms with Gasteiger partial charge in [-0.3, -0.25) is 14.7 Å². The molecule has 168 valence electrons. The van der Waals surface area contributed by atoms with Crippen LogP contribution in [0.2, 0.25) is 0 Å². The monoisotopic (exact) mass is 460 g/mol. The Morgan fingerprint density at radius 3 is 2.35 bits per heavy atom. The lowest BCUT2D eigenvalue weighted by Gasteiger charge is -1.99. The Morgan fingerprint density at radius 1 is 1.03 bits per heavy atom. The predicted molar refractivity (Wildman–Crippen MR) is 132 cm³/mol. The van der Waals surface area contributed by atoms with E-state index in [1.165, 1.54) is 49.0 Å². The van der Waals surface area contributed by atoms with Gasteiger partial charge in [0.05, 0.1) is 10.7 Å². The van der Waals surface area contributed by atoms with Crippen LogP contribution in [0.15, 0.2) is 66.0 Å². The van der Waals surface area contributed by atoms with E-state index in [0.29, 0.717) is 13.1 Å². The molecular formula is C23H32N4O2S2. The molecule has 0 atom stereocenters. The Kier molecular flexibility index (Phi) is 16.0. The zero-order chi connectivity index (χ0) is 22.6. The van der Waals surface area contributed by atoms with Crippen molar-refractivity contribution in [2.45, 2.75) is 32.3 Å². The van der Waals surface area contributed by atoms with Crippen molar-refractivity contribution in [3.63, 3.8) is 0 Å². The van der Waals surface area contributed by atoms with Gasteiger partial charge in [-0.15, -0.1) is 11.3 Å². The highest BCUT2D eigenvalue weighted by Gasteiger charge is 2.03. The van der Waals surface area contributed by atoms with E-state index in [2.05, 4.69) is 44.8 Å². The quantitative estimate of drug-likeness (QED) is 0.219. The van der Waals surface area contributed by atoms with Crippen LogP contribution in [-0.2, 0) is 22.6 Å². The molecule has 0 radical (unpaired) electrons. The number of benzene rings is 2. The summed E-state index contributed by atoms with van der Waals surface area (Å²) in [6.07, 6.45) is 4.65. The Bertz CT molecular complexity index is 802. The Balaban J connectivity index is 0.000000337. The third-order valence-corrected chi connectivity index (χ3v) is 5.31. The highest BCUT2D eigenvalue weighted by molar-refractivity contribution is 7.95. The Hall–Kier alpha value is -2.23. The number of unbranched alkanes of at least 4 members (excludes halogenated alkanes) is 2. The van der Waals surface area contributed by atoms with Crippen LogP contribution in [0.1, 0.15) is 29.8 Å². The van der Waals surface area contributed by atoms with Gasteiger partial charge in [0.25, 0.3) is 6.47 Å². The number of ether oxygens (including phenoxy) is 1. The van der Waals surface area contributed by atoms with Crippen LogP contribution in [0, 0.1) is 0 Å². The summed E-state index contributed by atoms with van der Waals surface area (Å²) in [5.74, 6) is 0.